The highest BCUT2D eigenvalue weighted by atomic mass is 16.4. The highest BCUT2D eigenvalue weighted by Crippen LogP contribution is 2.16. The standard InChI is InChI=1S/C13H20N2O2/c1-9-7-11(5-6-12(9)13(16)17)14-10(2)8-15(3)4/h5-7,10,14H,8H2,1-4H3,(H,16,17). The van der Waals surface area contributed by atoms with Crippen LogP contribution in [0.3, 0.4) is 0 Å². The van der Waals surface area contributed by atoms with E-state index in [1.54, 1.807) is 6.07 Å². The van der Waals surface area contributed by atoms with E-state index in [4.69, 9.17) is 5.11 Å². The molecule has 0 aliphatic heterocycles. The van der Waals surface area contributed by atoms with E-state index in [1.165, 1.54) is 0 Å². The van der Waals surface area contributed by atoms with E-state index in [2.05, 4.69) is 17.1 Å². The number of hydrogen-bond acceptors (Lipinski definition) is 3. The Morgan fingerprint density at radius 2 is 2.12 bits per heavy atom. The molecule has 4 heteroatoms. The number of aromatic carboxylic acids is 1. The van der Waals surface area contributed by atoms with E-state index in [0.717, 1.165) is 17.8 Å². The molecular weight excluding hydrogens is 216 g/mol. The SMILES string of the molecule is Cc1cc(NC(C)CN(C)C)ccc1C(=O)O. The monoisotopic (exact) mass is 236 g/mol. The van der Waals surface area contributed by atoms with E-state index < -0.39 is 5.97 Å². The second-order valence-corrected chi connectivity index (χ2v) is 4.64. The van der Waals surface area contributed by atoms with Crippen LogP contribution in [0.5, 0.6) is 0 Å². The fourth-order valence-electron chi connectivity index (χ4n) is 1.87. The third kappa shape index (κ3) is 4.07. The van der Waals surface area contributed by atoms with Gasteiger partial charge in [-0.15, -0.1) is 0 Å². The average Bonchev–Trinajstić information content (AvgIpc) is 2.15. The molecule has 1 rings (SSSR count). The van der Waals surface area contributed by atoms with Crippen molar-refractivity contribution in [1.29, 1.82) is 0 Å². The molecule has 17 heavy (non-hydrogen) atoms. The van der Waals surface area contributed by atoms with Gasteiger partial charge in [0.1, 0.15) is 0 Å². The van der Waals surface area contributed by atoms with Gasteiger partial charge in [-0.1, -0.05) is 0 Å². The lowest BCUT2D eigenvalue weighted by Crippen LogP contribution is -2.29. The quantitative estimate of drug-likeness (QED) is 0.821. The van der Waals surface area contributed by atoms with Crippen molar-refractivity contribution in [3.8, 4) is 0 Å². The molecule has 1 atom stereocenters. The number of nitrogens with zero attached hydrogens (tertiary/aromatic N) is 1. The Balaban J connectivity index is 2.74. The molecule has 0 aliphatic rings. The number of carboxylic acids is 1. The number of benzene rings is 1. The summed E-state index contributed by atoms with van der Waals surface area (Å²) in [5, 5.41) is 12.3. The molecule has 0 saturated carbocycles. The number of nitrogens with one attached hydrogen (secondary N) is 1. The molecule has 1 unspecified atom stereocenters. The Morgan fingerprint density at radius 3 is 2.59 bits per heavy atom. The number of carboxylic acid groups (broad SMARTS) is 1. The van der Waals surface area contributed by atoms with Gasteiger partial charge in [-0.2, -0.15) is 0 Å². The van der Waals surface area contributed by atoms with Gasteiger partial charge in [-0.05, 0) is 51.7 Å². The van der Waals surface area contributed by atoms with Gasteiger partial charge in [0.05, 0.1) is 5.56 Å². The third-order valence-corrected chi connectivity index (χ3v) is 2.51. The van der Waals surface area contributed by atoms with Gasteiger partial charge >= 0.3 is 5.97 Å². The van der Waals surface area contributed by atoms with Crippen molar-refractivity contribution >= 4 is 11.7 Å². The molecule has 0 fully saturated rings. The number of likely N-dealkylation sites (N-methyl/N-ethyl adjacent to an activating group) is 1. The van der Waals surface area contributed by atoms with Crippen molar-refractivity contribution in [1.82, 2.24) is 4.90 Å². The molecule has 0 heterocycles. The van der Waals surface area contributed by atoms with Gasteiger partial charge in [0.2, 0.25) is 0 Å². The Hall–Kier alpha value is -1.55. The van der Waals surface area contributed by atoms with Crippen molar-refractivity contribution in [2.75, 3.05) is 26.0 Å². The van der Waals surface area contributed by atoms with E-state index in [0.29, 0.717) is 11.6 Å². The minimum absolute atomic E-state index is 0.320. The first kappa shape index (κ1) is 13.5. The Bertz CT molecular complexity index is 402. The second kappa shape index (κ2) is 5.68. The van der Waals surface area contributed by atoms with Crippen molar-refractivity contribution in [2.24, 2.45) is 0 Å². The smallest absolute Gasteiger partial charge is 0.335 e. The Kier molecular flexibility index (Phi) is 4.52. The van der Waals surface area contributed by atoms with Crippen LogP contribution in [0.4, 0.5) is 5.69 Å². The van der Waals surface area contributed by atoms with Gasteiger partial charge in [0.25, 0.3) is 0 Å². The molecule has 4 nitrogen and oxygen atoms in total. The summed E-state index contributed by atoms with van der Waals surface area (Å²) in [5.41, 5.74) is 2.09. The first-order chi connectivity index (χ1) is 7.90. The summed E-state index contributed by atoms with van der Waals surface area (Å²) in [6.45, 7) is 4.84. The van der Waals surface area contributed by atoms with Crippen LogP contribution in [0.1, 0.15) is 22.8 Å². The summed E-state index contributed by atoms with van der Waals surface area (Å²) < 4.78 is 0. The number of hydrogen-bond donors (Lipinski definition) is 2. The maximum Gasteiger partial charge on any atom is 0.335 e. The lowest BCUT2D eigenvalue weighted by molar-refractivity contribution is 0.0696. The van der Waals surface area contributed by atoms with Crippen LogP contribution in [-0.4, -0.2) is 42.7 Å². The van der Waals surface area contributed by atoms with E-state index in [1.807, 2.05) is 33.2 Å². The van der Waals surface area contributed by atoms with Gasteiger partial charge in [-0.25, -0.2) is 4.79 Å². The summed E-state index contributed by atoms with van der Waals surface area (Å²) in [6.07, 6.45) is 0. The molecule has 0 aliphatic carbocycles. The molecule has 0 bridgehead atoms. The van der Waals surface area contributed by atoms with Crippen molar-refractivity contribution in [3.05, 3.63) is 29.3 Å². The van der Waals surface area contributed by atoms with Crippen LogP contribution in [-0.2, 0) is 0 Å². The molecule has 94 valence electrons. The minimum Gasteiger partial charge on any atom is -0.478 e. The topological polar surface area (TPSA) is 52.6 Å². The zero-order chi connectivity index (χ0) is 13.0. The predicted octanol–water partition coefficient (Wildman–Crippen LogP) is 2.06. The summed E-state index contributed by atoms with van der Waals surface area (Å²) in [4.78, 5) is 13.0. The summed E-state index contributed by atoms with van der Waals surface area (Å²) in [5.74, 6) is -0.879. The molecule has 0 radical (unpaired) electrons. The zero-order valence-electron chi connectivity index (χ0n) is 10.8. The fraction of sp³-hybridized carbons (Fsp3) is 0.462. The van der Waals surface area contributed by atoms with Crippen molar-refractivity contribution in [2.45, 2.75) is 19.9 Å². The van der Waals surface area contributed by atoms with Gasteiger partial charge in [0.15, 0.2) is 0 Å². The van der Waals surface area contributed by atoms with Crippen LogP contribution < -0.4 is 5.32 Å². The average molecular weight is 236 g/mol. The predicted molar refractivity (Wildman–Crippen MR) is 69.8 cm³/mol. The number of rotatable bonds is 5. The highest BCUT2D eigenvalue weighted by Gasteiger charge is 2.08. The molecular formula is C13H20N2O2. The number of aryl methyl sites for hydroxylation is 1. The minimum atomic E-state index is -0.879. The molecule has 0 spiro atoms. The van der Waals surface area contributed by atoms with Gasteiger partial charge in [0, 0.05) is 18.3 Å². The maximum atomic E-state index is 10.9. The first-order valence-corrected chi connectivity index (χ1v) is 5.65. The Labute approximate surface area is 102 Å². The zero-order valence-corrected chi connectivity index (χ0v) is 10.8. The van der Waals surface area contributed by atoms with E-state index in [-0.39, 0.29) is 0 Å². The summed E-state index contributed by atoms with van der Waals surface area (Å²) in [6, 6.07) is 5.64. The van der Waals surface area contributed by atoms with Crippen LogP contribution in [0.2, 0.25) is 0 Å². The normalized spacial score (nSPS) is 12.5. The van der Waals surface area contributed by atoms with E-state index in [9.17, 15) is 4.79 Å². The summed E-state index contributed by atoms with van der Waals surface area (Å²) >= 11 is 0. The van der Waals surface area contributed by atoms with Crippen LogP contribution in [0, 0.1) is 6.92 Å². The molecule has 1 aromatic rings. The molecule has 2 N–H and O–H groups in total. The Morgan fingerprint density at radius 1 is 1.47 bits per heavy atom. The second-order valence-electron chi connectivity index (χ2n) is 4.64. The number of anilines is 1. The maximum absolute atomic E-state index is 10.9. The third-order valence-electron chi connectivity index (χ3n) is 2.51. The van der Waals surface area contributed by atoms with Crippen molar-refractivity contribution in [3.63, 3.8) is 0 Å². The summed E-state index contributed by atoms with van der Waals surface area (Å²) in [7, 11) is 4.05. The molecule has 0 saturated heterocycles. The van der Waals surface area contributed by atoms with Crippen LogP contribution in [0.25, 0.3) is 0 Å². The van der Waals surface area contributed by atoms with Crippen LogP contribution >= 0.6 is 0 Å². The lowest BCUT2D eigenvalue weighted by Gasteiger charge is -2.19. The lowest BCUT2D eigenvalue weighted by atomic mass is 10.1. The van der Waals surface area contributed by atoms with Gasteiger partial charge in [-0.3, -0.25) is 0 Å². The number of carbonyl (C=O) groups is 1. The molecule has 0 amide bonds. The van der Waals surface area contributed by atoms with E-state index >= 15 is 0 Å². The van der Waals surface area contributed by atoms with Crippen LogP contribution in [0.15, 0.2) is 18.2 Å². The largest absolute Gasteiger partial charge is 0.478 e. The van der Waals surface area contributed by atoms with Gasteiger partial charge < -0.3 is 15.3 Å². The first-order valence-electron chi connectivity index (χ1n) is 5.65. The van der Waals surface area contributed by atoms with Crippen molar-refractivity contribution < 1.29 is 9.90 Å². The molecule has 1 aromatic carbocycles. The highest BCUT2D eigenvalue weighted by molar-refractivity contribution is 5.89. The molecule has 0 aromatic heterocycles. The fourth-order valence-corrected chi connectivity index (χ4v) is 1.87.